The van der Waals surface area contributed by atoms with E-state index in [-0.39, 0.29) is 24.3 Å². The van der Waals surface area contributed by atoms with Crippen molar-refractivity contribution in [3.05, 3.63) is 54.0 Å². The summed E-state index contributed by atoms with van der Waals surface area (Å²) in [6, 6.07) is 3.87. The van der Waals surface area contributed by atoms with Crippen molar-refractivity contribution in [1.82, 2.24) is 24.3 Å². The Morgan fingerprint density at radius 3 is 2.75 bits per heavy atom. The highest BCUT2D eigenvalue weighted by Crippen LogP contribution is 2.20. The minimum Gasteiger partial charge on any atom is -0.346 e. The number of hydrogen-bond acceptors (Lipinski definition) is 3. The van der Waals surface area contributed by atoms with Crippen LogP contribution in [0.2, 0.25) is 0 Å². The number of nitrogens with zero attached hydrogens (tertiary/aromatic N) is 4. The normalized spacial score (nSPS) is 12.7. The van der Waals surface area contributed by atoms with Crippen LogP contribution in [0.25, 0.3) is 5.65 Å². The van der Waals surface area contributed by atoms with Crippen molar-refractivity contribution in [3.8, 4) is 0 Å². The van der Waals surface area contributed by atoms with Gasteiger partial charge in [-0.2, -0.15) is 0 Å². The highest BCUT2D eigenvalue weighted by molar-refractivity contribution is 5.78. The lowest BCUT2D eigenvalue weighted by Crippen LogP contribution is -2.34. The SMILES string of the molecule is Cc1cccn2c(CC(=O)NC(c3nccn3C)C(C)C)cnc12. The van der Waals surface area contributed by atoms with Crippen LogP contribution >= 0.6 is 0 Å². The number of hydrogen-bond donors (Lipinski definition) is 1. The molecule has 0 fully saturated rings. The number of nitrogens with one attached hydrogen (secondary N) is 1. The summed E-state index contributed by atoms with van der Waals surface area (Å²) >= 11 is 0. The third-order valence-corrected chi connectivity index (χ3v) is 4.27. The van der Waals surface area contributed by atoms with Crippen LogP contribution in [0.15, 0.2) is 36.9 Å². The molecule has 0 aromatic carbocycles. The van der Waals surface area contributed by atoms with Gasteiger partial charge >= 0.3 is 0 Å². The zero-order valence-electron chi connectivity index (χ0n) is 14.5. The second-order valence-electron chi connectivity index (χ2n) is 6.50. The summed E-state index contributed by atoms with van der Waals surface area (Å²) in [5.74, 6) is 1.09. The second-order valence-corrected chi connectivity index (χ2v) is 6.50. The Hall–Kier alpha value is -2.63. The highest BCUT2D eigenvalue weighted by atomic mass is 16.1. The number of carbonyl (C=O) groups is 1. The van der Waals surface area contributed by atoms with Crippen LogP contribution < -0.4 is 5.32 Å². The summed E-state index contributed by atoms with van der Waals surface area (Å²) in [5.41, 5.74) is 2.87. The van der Waals surface area contributed by atoms with E-state index in [1.54, 1.807) is 12.4 Å². The molecule has 1 unspecified atom stereocenters. The van der Waals surface area contributed by atoms with E-state index >= 15 is 0 Å². The lowest BCUT2D eigenvalue weighted by atomic mass is 10.0. The number of fused-ring (bicyclic) bond motifs is 1. The van der Waals surface area contributed by atoms with Crippen LogP contribution in [0.1, 0.15) is 37.0 Å². The van der Waals surface area contributed by atoms with E-state index in [9.17, 15) is 4.79 Å². The van der Waals surface area contributed by atoms with Crippen molar-refractivity contribution in [1.29, 1.82) is 0 Å². The molecule has 0 saturated heterocycles. The standard InChI is InChI=1S/C18H23N5O/c1-12(2)16(18-19-7-9-22(18)4)21-15(24)10-14-11-20-17-13(3)6-5-8-23(14)17/h5-9,11-12,16H,10H2,1-4H3,(H,21,24). The number of amides is 1. The van der Waals surface area contributed by atoms with Crippen molar-refractivity contribution >= 4 is 11.6 Å². The molecule has 3 heterocycles. The monoisotopic (exact) mass is 325 g/mol. The lowest BCUT2D eigenvalue weighted by Gasteiger charge is -2.22. The number of aromatic nitrogens is 4. The first-order valence-electron chi connectivity index (χ1n) is 8.15. The number of pyridine rings is 1. The van der Waals surface area contributed by atoms with Gasteiger partial charge in [-0.3, -0.25) is 4.79 Å². The minimum atomic E-state index is -0.113. The van der Waals surface area contributed by atoms with Crippen molar-refractivity contribution in [2.45, 2.75) is 33.2 Å². The molecule has 0 saturated carbocycles. The fourth-order valence-electron chi connectivity index (χ4n) is 2.93. The van der Waals surface area contributed by atoms with Gasteiger partial charge in [0, 0.05) is 31.8 Å². The van der Waals surface area contributed by atoms with E-state index in [1.165, 1.54) is 0 Å². The van der Waals surface area contributed by atoms with Gasteiger partial charge in [-0.15, -0.1) is 0 Å². The van der Waals surface area contributed by atoms with Crippen LogP contribution in [-0.4, -0.2) is 24.8 Å². The Labute approximate surface area is 141 Å². The van der Waals surface area contributed by atoms with Crippen molar-refractivity contribution < 1.29 is 4.79 Å². The van der Waals surface area contributed by atoms with Crippen LogP contribution in [-0.2, 0) is 18.3 Å². The molecule has 6 nitrogen and oxygen atoms in total. The summed E-state index contributed by atoms with van der Waals surface area (Å²) in [6.45, 7) is 6.18. The summed E-state index contributed by atoms with van der Waals surface area (Å²) in [6.07, 6.45) is 7.65. The first-order valence-corrected chi connectivity index (χ1v) is 8.15. The van der Waals surface area contributed by atoms with Crippen LogP contribution in [0.3, 0.4) is 0 Å². The van der Waals surface area contributed by atoms with E-state index in [2.05, 4.69) is 29.1 Å². The predicted molar refractivity (Wildman–Crippen MR) is 92.6 cm³/mol. The molecular formula is C18H23N5O. The second kappa shape index (κ2) is 6.47. The largest absolute Gasteiger partial charge is 0.346 e. The molecule has 0 aliphatic rings. The minimum absolute atomic E-state index is 0.0278. The van der Waals surface area contributed by atoms with E-state index in [4.69, 9.17) is 0 Å². The summed E-state index contributed by atoms with van der Waals surface area (Å²) in [4.78, 5) is 21.4. The Kier molecular flexibility index (Phi) is 4.38. The van der Waals surface area contributed by atoms with Gasteiger partial charge in [0.15, 0.2) is 0 Å². The van der Waals surface area contributed by atoms with Gasteiger partial charge in [-0.25, -0.2) is 9.97 Å². The van der Waals surface area contributed by atoms with Gasteiger partial charge in [-0.05, 0) is 24.5 Å². The van der Waals surface area contributed by atoms with Gasteiger partial charge in [-0.1, -0.05) is 19.9 Å². The zero-order chi connectivity index (χ0) is 17.3. The van der Waals surface area contributed by atoms with Crippen molar-refractivity contribution in [2.75, 3.05) is 0 Å². The van der Waals surface area contributed by atoms with Gasteiger partial charge in [0.05, 0.1) is 18.2 Å². The molecule has 1 N–H and O–H groups in total. The molecule has 126 valence electrons. The van der Waals surface area contributed by atoms with E-state index < -0.39 is 0 Å². The third kappa shape index (κ3) is 3.04. The molecule has 3 aromatic heterocycles. The molecular weight excluding hydrogens is 302 g/mol. The fraction of sp³-hybridized carbons (Fsp3) is 0.389. The number of rotatable bonds is 5. The highest BCUT2D eigenvalue weighted by Gasteiger charge is 2.22. The molecule has 0 spiro atoms. The maximum atomic E-state index is 12.6. The first kappa shape index (κ1) is 16.2. The molecule has 0 aliphatic heterocycles. The molecule has 24 heavy (non-hydrogen) atoms. The molecule has 6 heteroatoms. The van der Waals surface area contributed by atoms with Crippen molar-refractivity contribution in [3.63, 3.8) is 0 Å². The Morgan fingerprint density at radius 1 is 1.29 bits per heavy atom. The molecule has 0 aliphatic carbocycles. The number of carbonyl (C=O) groups excluding carboxylic acids is 1. The lowest BCUT2D eigenvalue weighted by molar-refractivity contribution is -0.121. The molecule has 0 radical (unpaired) electrons. The molecule has 1 amide bonds. The Morgan fingerprint density at radius 2 is 2.08 bits per heavy atom. The first-order chi connectivity index (χ1) is 11.5. The van der Waals surface area contributed by atoms with Crippen LogP contribution in [0.4, 0.5) is 0 Å². The van der Waals surface area contributed by atoms with E-state index in [0.29, 0.717) is 0 Å². The van der Waals surface area contributed by atoms with Gasteiger partial charge < -0.3 is 14.3 Å². The third-order valence-electron chi connectivity index (χ3n) is 4.27. The van der Waals surface area contributed by atoms with E-state index in [0.717, 1.165) is 22.7 Å². The smallest absolute Gasteiger partial charge is 0.226 e. The molecule has 3 aromatic rings. The maximum absolute atomic E-state index is 12.6. The average molecular weight is 325 g/mol. The predicted octanol–water partition coefficient (Wildman–Crippen LogP) is 2.43. The maximum Gasteiger partial charge on any atom is 0.226 e. The Balaban J connectivity index is 1.79. The number of imidazole rings is 2. The number of aryl methyl sites for hydroxylation is 2. The van der Waals surface area contributed by atoms with Gasteiger partial charge in [0.1, 0.15) is 11.5 Å². The quantitative estimate of drug-likeness (QED) is 0.783. The zero-order valence-corrected chi connectivity index (χ0v) is 14.5. The molecule has 1 atom stereocenters. The van der Waals surface area contributed by atoms with Crippen LogP contribution in [0.5, 0.6) is 0 Å². The summed E-state index contributed by atoms with van der Waals surface area (Å²) in [7, 11) is 1.94. The van der Waals surface area contributed by atoms with Gasteiger partial charge in [0.2, 0.25) is 5.91 Å². The van der Waals surface area contributed by atoms with Crippen LogP contribution in [0, 0.1) is 12.8 Å². The van der Waals surface area contributed by atoms with E-state index in [1.807, 2.05) is 47.5 Å². The Bertz CT molecular complexity index is 861. The fourth-order valence-corrected chi connectivity index (χ4v) is 2.93. The average Bonchev–Trinajstić information content (AvgIpc) is 3.12. The summed E-state index contributed by atoms with van der Waals surface area (Å²) in [5, 5.41) is 3.11. The molecule has 0 bridgehead atoms. The topological polar surface area (TPSA) is 64.2 Å². The summed E-state index contributed by atoms with van der Waals surface area (Å²) < 4.78 is 3.92. The van der Waals surface area contributed by atoms with Gasteiger partial charge in [0.25, 0.3) is 0 Å². The van der Waals surface area contributed by atoms with Crippen molar-refractivity contribution in [2.24, 2.45) is 13.0 Å². The molecule has 3 rings (SSSR count).